The Kier molecular flexibility index (Phi) is 10.9. The Morgan fingerprint density at radius 1 is 1.03 bits per heavy atom. The van der Waals surface area contributed by atoms with Crippen LogP contribution in [0.3, 0.4) is 0 Å². The average Bonchev–Trinajstić information content (AvgIpc) is 2.89. The van der Waals surface area contributed by atoms with Crippen LogP contribution in [0.15, 0.2) is 48.5 Å². The fourth-order valence-corrected chi connectivity index (χ4v) is 5.66. The van der Waals surface area contributed by atoms with Crippen molar-refractivity contribution in [3.8, 4) is 0 Å². The van der Waals surface area contributed by atoms with Gasteiger partial charge in [0.2, 0.25) is 5.91 Å². The molecule has 1 atom stereocenters. The molecule has 2 aromatic rings. The van der Waals surface area contributed by atoms with Crippen LogP contribution in [-0.4, -0.2) is 72.3 Å². The summed E-state index contributed by atoms with van der Waals surface area (Å²) in [5.74, 6) is 0.493. The molecular weight excluding hydrogens is 517 g/mol. The average molecular weight is 553 g/mol. The summed E-state index contributed by atoms with van der Waals surface area (Å²) in [6, 6.07) is 15.6. The van der Waals surface area contributed by atoms with E-state index in [1.54, 1.807) is 4.90 Å². The van der Waals surface area contributed by atoms with Gasteiger partial charge in [-0.2, -0.15) is 0 Å². The number of nitrogens with zero attached hydrogens (tertiary/aromatic N) is 3. The van der Waals surface area contributed by atoms with E-state index >= 15 is 0 Å². The zero-order valence-corrected chi connectivity index (χ0v) is 23.2. The van der Waals surface area contributed by atoms with Gasteiger partial charge in [-0.3, -0.25) is 9.59 Å². The number of piperidine rings is 2. The molecule has 0 N–H and O–H groups in total. The van der Waals surface area contributed by atoms with Crippen LogP contribution >= 0.6 is 35.6 Å². The van der Waals surface area contributed by atoms with E-state index in [0.717, 1.165) is 63.8 Å². The van der Waals surface area contributed by atoms with Crippen molar-refractivity contribution in [3.05, 3.63) is 69.7 Å². The number of likely N-dealkylation sites (N-methyl/N-ethyl adjacent to an activating group) is 1. The fraction of sp³-hybridized carbons (Fsp3) is 0.500. The van der Waals surface area contributed by atoms with E-state index in [9.17, 15) is 9.59 Å². The van der Waals surface area contributed by atoms with Crippen LogP contribution in [0.25, 0.3) is 0 Å². The fourth-order valence-electron chi connectivity index (χ4n) is 5.35. The summed E-state index contributed by atoms with van der Waals surface area (Å²) in [4.78, 5) is 31.7. The lowest BCUT2D eigenvalue weighted by Crippen LogP contribution is -2.49. The van der Waals surface area contributed by atoms with E-state index in [2.05, 4.69) is 9.80 Å². The molecular formula is C28H36Cl3N3O2. The first-order chi connectivity index (χ1) is 16.9. The number of hydrogen-bond acceptors (Lipinski definition) is 3. The van der Waals surface area contributed by atoms with E-state index in [-0.39, 0.29) is 24.2 Å². The van der Waals surface area contributed by atoms with Crippen LogP contribution in [0.1, 0.15) is 60.4 Å². The summed E-state index contributed by atoms with van der Waals surface area (Å²) >= 11 is 12.5. The van der Waals surface area contributed by atoms with Crippen LogP contribution in [0, 0.1) is 0 Å². The molecule has 5 nitrogen and oxygen atoms in total. The molecule has 2 fully saturated rings. The molecule has 2 aliphatic rings. The third kappa shape index (κ3) is 7.38. The van der Waals surface area contributed by atoms with Gasteiger partial charge in [0.15, 0.2) is 0 Å². The molecule has 36 heavy (non-hydrogen) atoms. The second kappa shape index (κ2) is 13.7. The number of likely N-dealkylation sites (tertiary alicyclic amines) is 2. The summed E-state index contributed by atoms with van der Waals surface area (Å²) in [6.07, 6.45) is 5.86. The van der Waals surface area contributed by atoms with Crippen LogP contribution in [-0.2, 0) is 4.79 Å². The van der Waals surface area contributed by atoms with Gasteiger partial charge in [-0.1, -0.05) is 47.5 Å². The highest BCUT2D eigenvalue weighted by Crippen LogP contribution is 2.30. The highest BCUT2D eigenvalue weighted by molar-refractivity contribution is 6.42. The van der Waals surface area contributed by atoms with Crippen LogP contribution < -0.4 is 0 Å². The Morgan fingerprint density at radius 3 is 2.42 bits per heavy atom. The maximum atomic E-state index is 13.0. The molecule has 2 heterocycles. The van der Waals surface area contributed by atoms with E-state index in [4.69, 9.17) is 23.2 Å². The minimum Gasteiger partial charge on any atom is -0.341 e. The van der Waals surface area contributed by atoms with Gasteiger partial charge in [-0.25, -0.2) is 0 Å². The van der Waals surface area contributed by atoms with Crippen molar-refractivity contribution in [1.82, 2.24) is 14.7 Å². The van der Waals surface area contributed by atoms with E-state index in [0.29, 0.717) is 40.5 Å². The second-order valence-electron chi connectivity index (χ2n) is 9.83. The highest BCUT2D eigenvalue weighted by Gasteiger charge is 2.29. The summed E-state index contributed by atoms with van der Waals surface area (Å²) in [5, 5.41) is 1.08. The third-order valence-electron chi connectivity index (χ3n) is 7.43. The SMILES string of the molecule is CN(CC(CCN1CCC(N2CCCCC2=O)CC1)c1ccc(Cl)c(Cl)c1)C(=O)c1ccccc1.Cl. The van der Waals surface area contributed by atoms with E-state index in [1.807, 2.05) is 55.6 Å². The summed E-state index contributed by atoms with van der Waals surface area (Å²) < 4.78 is 0. The molecule has 0 bridgehead atoms. The quantitative estimate of drug-likeness (QED) is 0.395. The van der Waals surface area contributed by atoms with Gasteiger partial charge in [-0.05, 0) is 68.5 Å². The van der Waals surface area contributed by atoms with Crippen molar-refractivity contribution >= 4 is 47.4 Å². The Labute approximate surface area is 231 Å². The molecule has 4 rings (SSSR count). The molecule has 0 saturated carbocycles. The second-order valence-corrected chi connectivity index (χ2v) is 10.6. The van der Waals surface area contributed by atoms with Crippen molar-refractivity contribution < 1.29 is 9.59 Å². The topological polar surface area (TPSA) is 43.9 Å². The van der Waals surface area contributed by atoms with Gasteiger partial charge in [0.25, 0.3) is 5.91 Å². The van der Waals surface area contributed by atoms with Gasteiger partial charge in [0, 0.05) is 57.2 Å². The molecule has 0 aliphatic carbocycles. The van der Waals surface area contributed by atoms with Crippen molar-refractivity contribution in [2.45, 2.75) is 50.5 Å². The van der Waals surface area contributed by atoms with Crippen molar-refractivity contribution in [1.29, 1.82) is 0 Å². The maximum absolute atomic E-state index is 13.0. The molecule has 196 valence electrons. The van der Waals surface area contributed by atoms with Crippen LogP contribution in [0.4, 0.5) is 0 Å². The highest BCUT2D eigenvalue weighted by atomic mass is 35.5. The van der Waals surface area contributed by atoms with Crippen molar-refractivity contribution in [2.75, 3.05) is 39.8 Å². The van der Waals surface area contributed by atoms with Crippen molar-refractivity contribution in [2.24, 2.45) is 0 Å². The summed E-state index contributed by atoms with van der Waals surface area (Å²) in [6.45, 7) is 4.47. The molecule has 0 spiro atoms. The number of carbonyl (C=O) groups excluding carboxylic acids is 2. The van der Waals surface area contributed by atoms with E-state index < -0.39 is 0 Å². The minimum atomic E-state index is 0. The largest absolute Gasteiger partial charge is 0.341 e. The number of rotatable bonds is 8. The first-order valence-corrected chi connectivity index (χ1v) is 13.4. The lowest BCUT2D eigenvalue weighted by atomic mass is 9.93. The number of hydrogen-bond donors (Lipinski definition) is 0. The smallest absolute Gasteiger partial charge is 0.253 e. The summed E-state index contributed by atoms with van der Waals surface area (Å²) in [7, 11) is 1.86. The lowest BCUT2D eigenvalue weighted by Gasteiger charge is -2.40. The minimum absolute atomic E-state index is 0. The Balaban J connectivity index is 0.00000361. The van der Waals surface area contributed by atoms with E-state index in [1.165, 1.54) is 0 Å². The molecule has 2 amide bonds. The third-order valence-corrected chi connectivity index (χ3v) is 8.17. The Bertz CT molecular complexity index is 1010. The Morgan fingerprint density at radius 2 is 1.75 bits per heavy atom. The first-order valence-electron chi connectivity index (χ1n) is 12.7. The zero-order chi connectivity index (χ0) is 24.8. The first kappa shape index (κ1) is 28.8. The standard InChI is InChI=1S/C28H35Cl2N3O2.ClH/c1-31(28(35)21-7-3-2-4-8-21)20-23(22-10-11-25(29)26(30)19-22)12-16-32-17-13-24(14-18-32)33-15-6-5-9-27(33)34;/h2-4,7-8,10-11,19,23-24H,5-6,9,12-18,20H2,1H3;1H. The molecule has 2 aromatic carbocycles. The number of amides is 2. The van der Waals surface area contributed by atoms with Gasteiger partial charge < -0.3 is 14.7 Å². The number of benzene rings is 2. The molecule has 0 radical (unpaired) electrons. The van der Waals surface area contributed by atoms with Gasteiger partial charge in [-0.15, -0.1) is 12.4 Å². The zero-order valence-electron chi connectivity index (χ0n) is 20.9. The maximum Gasteiger partial charge on any atom is 0.253 e. The van der Waals surface area contributed by atoms with Crippen LogP contribution in [0.2, 0.25) is 10.0 Å². The lowest BCUT2D eigenvalue weighted by molar-refractivity contribution is -0.136. The monoisotopic (exact) mass is 551 g/mol. The molecule has 1 unspecified atom stereocenters. The van der Waals surface area contributed by atoms with Gasteiger partial charge >= 0.3 is 0 Å². The molecule has 2 aliphatic heterocycles. The Hall–Kier alpha value is -1.79. The van der Waals surface area contributed by atoms with Gasteiger partial charge in [0.1, 0.15) is 0 Å². The molecule has 2 saturated heterocycles. The number of halogens is 3. The van der Waals surface area contributed by atoms with Crippen molar-refractivity contribution in [3.63, 3.8) is 0 Å². The van der Waals surface area contributed by atoms with Crippen LogP contribution in [0.5, 0.6) is 0 Å². The molecule has 0 aromatic heterocycles. The number of carbonyl (C=O) groups is 2. The van der Waals surface area contributed by atoms with Gasteiger partial charge in [0.05, 0.1) is 10.0 Å². The normalized spacial score (nSPS) is 18.0. The predicted octanol–water partition coefficient (Wildman–Crippen LogP) is 6.14. The predicted molar refractivity (Wildman–Crippen MR) is 149 cm³/mol. The molecule has 8 heteroatoms. The summed E-state index contributed by atoms with van der Waals surface area (Å²) in [5.41, 5.74) is 1.79.